The number of nitrogens with one attached hydrogen (secondary N) is 1. The first-order valence-electron chi connectivity index (χ1n) is 6.47. The molecule has 1 fully saturated rings. The van der Waals surface area contributed by atoms with E-state index in [4.69, 9.17) is 0 Å². The zero-order valence-electron chi connectivity index (χ0n) is 11.1. The highest BCUT2D eigenvalue weighted by Crippen LogP contribution is 2.24. The van der Waals surface area contributed by atoms with E-state index >= 15 is 0 Å². The van der Waals surface area contributed by atoms with Crippen molar-refractivity contribution in [3.8, 4) is 0 Å². The van der Waals surface area contributed by atoms with Gasteiger partial charge in [-0.25, -0.2) is 4.79 Å². The Balaban J connectivity index is 1.97. The van der Waals surface area contributed by atoms with Crippen molar-refractivity contribution in [2.75, 3.05) is 14.2 Å². The van der Waals surface area contributed by atoms with Crippen LogP contribution in [0.5, 0.6) is 0 Å². The Hall–Kier alpha value is -1.49. The number of carbonyl (C=O) groups is 1. The van der Waals surface area contributed by atoms with Gasteiger partial charge in [0.25, 0.3) is 0 Å². The largest absolute Gasteiger partial charge is 0.466 e. The van der Waals surface area contributed by atoms with E-state index in [1.54, 1.807) is 6.08 Å². The first-order valence-corrected chi connectivity index (χ1v) is 6.47. The predicted octanol–water partition coefficient (Wildman–Crippen LogP) is 1.56. The van der Waals surface area contributed by atoms with Gasteiger partial charge in [0.2, 0.25) is 0 Å². The molecule has 0 saturated heterocycles. The molecule has 0 amide bonds. The molecule has 0 unspecified atom stereocenters. The Morgan fingerprint density at radius 1 is 1.44 bits per heavy atom. The van der Waals surface area contributed by atoms with Crippen LogP contribution in [0.4, 0.5) is 0 Å². The van der Waals surface area contributed by atoms with Crippen LogP contribution in [-0.4, -0.2) is 36.2 Å². The predicted molar refractivity (Wildman–Crippen MR) is 68.8 cm³/mol. The highest BCUT2D eigenvalue weighted by Gasteiger charge is 2.24. The van der Waals surface area contributed by atoms with E-state index in [1.807, 2.05) is 12.1 Å². The molecule has 5 nitrogen and oxygen atoms in total. The molecular formula is C13H21N3O2. The Morgan fingerprint density at radius 2 is 2.17 bits per heavy atom. The van der Waals surface area contributed by atoms with Crippen molar-refractivity contribution in [2.45, 2.75) is 38.1 Å². The number of hydrazine groups is 2. The van der Waals surface area contributed by atoms with Crippen molar-refractivity contribution in [3.63, 3.8) is 0 Å². The van der Waals surface area contributed by atoms with Gasteiger partial charge in [-0.1, -0.05) is 19.3 Å². The zero-order chi connectivity index (χ0) is 13.0. The highest BCUT2D eigenvalue weighted by molar-refractivity contribution is 5.82. The van der Waals surface area contributed by atoms with E-state index in [0.717, 1.165) is 5.70 Å². The molecule has 18 heavy (non-hydrogen) atoms. The number of likely N-dealkylation sites (N-methyl/N-ethyl adjacent to an activating group) is 1. The van der Waals surface area contributed by atoms with E-state index in [1.165, 1.54) is 45.3 Å². The van der Waals surface area contributed by atoms with Gasteiger partial charge in [-0.2, -0.15) is 0 Å². The lowest BCUT2D eigenvalue weighted by Crippen LogP contribution is -2.44. The van der Waals surface area contributed by atoms with Crippen LogP contribution in [0.1, 0.15) is 32.1 Å². The minimum atomic E-state index is -0.333. The maximum atomic E-state index is 11.1. The molecule has 0 spiro atoms. The third kappa shape index (κ3) is 3.04. The molecule has 0 aromatic carbocycles. The lowest BCUT2D eigenvalue weighted by Gasteiger charge is -2.31. The number of ether oxygens (including phenoxy) is 1. The summed E-state index contributed by atoms with van der Waals surface area (Å²) in [5.41, 5.74) is 4.25. The third-order valence-electron chi connectivity index (χ3n) is 3.48. The van der Waals surface area contributed by atoms with Gasteiger partial charge in [-0.15, -0.1) is 5.53 Å². The quantitative estimate of drug-likeness (QED) is 0.609. The Kier molecular flexibility index (Phi) is 4.25. The van der Waals surface area contributed by atoms with E-state index in [-0.39, 0.29) is 5.97 Å². The van der Waals surface area contributed by atoms with Gasteiger partial charge in [0.15, 0.2) is 0 Å². The number of hydrogen-bond donors (Lipinski definition) is 1. The summed E-state index contributed by atoms with van der Waals surface area (Å²) in [4.78, 5) is 11.1. The molecule has 0 bridgehead atoms. The Bertz CT molecular complexity index is 359. The minimum Gasteiger partial charge on any atom is -0.466 e. The normalized spacial score (nSPS) is 21.6. The van der Waals surface area contributed by atoms with Crippen molar-refractivity contribution in [3.05, 3.63) is 24.0 Å². The second kappa shape index (κ2) is 5.91. The van der Waals surface area contributed by atoms with Crippen molar-refractivity contribution >= 4 is 5.97 Å². The summed E-state index contributed by atoms with van der Waals surface area (Å²) >= 11 is 0. The van der Waals surface area contributed by atoms with Crippen molar-refractivity contribution in [1.82, 2.24) is 15.6 Å². The topological polar surface area (TPSA) is 44.8 Å². The first kappa shape index (κ1) is 13.0. The zero-order valence-corrected chi connectivity index (χ0v) is 11.1. The van der Waals surface area contributed by atoms with Crippen LogP contribution in [0.25, 0.3) is 0 Å². The summed E-state index contributed by atoms with van der Waals surface area (Å²) in [5, 5.41) is 4.06. The van der Waals surface area contributed by atoms with E-state index < -0.39 is 0 Å². The van der Waals surface area contributed by atoms with Crippen LogP contribution in [0, 0.1) is 0 Å². The van der Waals surface area contributed by atoms with Crippen LogP contribution in [-0.2, 0) is 9.53 Å². The van der Waals surface area contributed by atoms with Crippen molar-refractivity contribution in [2.24, 2.45) is 0 Å². The van der Waals surface area contributed by atoms with Gasteiger partial charge in [0.05, 0.1) is 12.8 Å². The van der Waals surface area contributed by atoms with Gasteiger partial charge < -0.3 is 4.74 Å². The molecule has 1 aliphatic heterocycles. The van der Waals surface area contributed by atoms with Crippen molar-refractivity contribution < 1.29 is 9.53 Å². The molecule has 1 saturated carbocycles. The number of nitrogens with zero attached hydrogens (tertiary/aromatic N) is 2. The third-order valence-corrected chi connectivity index (χ3v) is 3.48. The maximum Gasteiger partial charge on any atom is 0.330 e. The number of carbonyl (C=O) groups excluding carboxylic acids is 1. The fourth-order valence-electron chi connectivity index (χ4n) is 2.41. The average Bonchev–Trinajstić information content (AvgIpc) is 2.78. The number of allylic oxidation sites excluding steroid dienone is 1. The molecule has 2 aliphatic rings. The maximum absolute atomic E-state index is 11.1. The Labute approximate surface area is 108 Å². The summed E-state index contributed by atoms with van der Waals surface area (Å²) in [7, 11) is 3.32. The van der Waals surface area contributed by atoms with Gasteiger partial charge in [-0.05, 0) is 18.9 Å². The standard InChI is InChI=1S/C13H21N3O2/c1-15-12(8-9-13(17)18-2)10-16(14-15)11-6-4-3-5-7-11/h8-11,14H,3-7H2,1-2H3/b9-8-. The van der Waals surface area contributed by atoms with Crippen molar-refractivity contribution in [1.29, 1.82) is 0 Å². The molecule has 0 aromatic heterocycles. The second-order valence-corrected chi connectivity index (χ2v) is 4.77. The number of hydrogen-bond acceptors (Lipinski definition) is 5. The van der Waals surface area contributed by atoms with Gasteiger partial charge in [0, 0.05) is 25.4 Å². The molecule has 2 rings (SSSR count). The smallest absolute Gasteiger partial charge is 0.330 e. The van der Waals surface area contributed by atoms with Gasteiger partial charge in [0.1, 0.15) is 0 Å². The summed E-state index contributed by atoms with van der Waals surface area (Å²) in [6.07, 6.45) is 11.7. The van der Waals surface area contributed by atoms with Crippen LogP contribution >= 0.6 is 0 Å². The van der Waals surface area contributed by atoms with Crippen LogP contribution in [0.15, 0.2) is 24.0 Å². The molecule has 5 heteroatoms. The summed E-state index contributed by atoms with van der Waals surface area (Å²) in [5.74, 6) is -0.333. The highest BCUT2D eigenvalue weighted by atomic mass is 16.5. The number of rotatable bonds is 3. The lowest BCUT2D eigenvalue weighted by atomic mass is 9.95. The van der Waals surface area contributed by atoms with Gasteiger partial charge in [-0.3, -0.25) is 10.0 Å². The van der Waals surface area contributed by atoms with Crippen LogP contribution < -0.4 is 5.53 Å². The fraction of sp³-hybridized carbons (Fsp3) is 0.615. The summed E-state index contributed by atoms with van der Waals surface area (Å²) in [6.45, 7) is 0. The molecule has 0 atom stereocenters. The summed E-state index contributed by atoms with van der Waals surface area (Å²) < 4.78 is 4.58. The van der Waals surface area contributed by atoms with E-state index in [0.29, 0.717) is 6.04 Å². The van der Waals surface area contributed by atoms with Crippen LogP contribution in [0.2, 0.25) is 0 Å². The first-order chi connectivity index (χ1) is 8.70. The Morgan fingerprint density at radius 3 is 2.83 bits per heavy atom. The molecule has 100 valence electrons. The van der Waals surface area contributed by atoms with Gasteiger partial charge >= 0.3 is 5.97 Å². The average molecular weight is 251 g/mol. The van der Waals surface area contributed by atoms with E-state index in [9.17, 15) is 4.79 Å². The molecule has 1 aliphatic carbocycles. The second-order valence-electron chi connectivity index (χ2n) is 4.77. The fourth-order valence-corrected chi connectivity index (χ4v) is 2.41. The molecule has 0 aromatic rings. The number of esters is 1. The van der Waals surface area contributed by atoms with E-state index in [2.05, 4.69) is 21.5 Å². The minimum absolute atomic E-state index is 0.333. The molecule has 1 heterocycles. The molecule has 1 N–H and O–H groups in total. The molecule has 0 radical (unpaired) electrons. The molecular weight excluding hydrogens is 230 g/mol. The van der Waals surface area contributed by atoms with Crippen LogP contribution in [0.3, 0.4) is 0 Å². The SMILES string of the molecule is COC(=O)/C=C\C1=CN(C2CCCCC2)NN1C. The summed E-state index contributed by atoms with van der Waals surface area (Å²) in [6, 6.07) is 0.560. The lowest BCUT2D eigenvalue weighted by molar-refractivity contribution is -0.134. The number of methoxy groups -OCH3 is 1. The monoisotopic (exact) mass is 251 g/mol.